The minimum absolute atomic E-state index is 0.151. The summed E-state index contributed by atoms with van der Waals surface area (Å²) in [6, 6.07) is 7.44. The Hall–Kier alpha value is -2.60. The number of nitrogens with zero attached hydrogens (tertiary/aromatic N) is 3. The Morgan fingerprint density at radius 2 is 1.92 bits per heavy atom. The van der Waals surface area contributed by atoms with Gasteiger partial charge in [-0.15, -0.1) is 0 Å². The normalized spacial score (nSPS) is 16.0. The van der Waals surface area contributed by atoms with E-state index < -0.39 is 5.60 Å². The first-order chi connectivity index (χ1) is 12.4. The van der Waals surface area contributed by atoms with E-state index in [-0.39, 0.29) is 11.5 Å². The first-order valence-electron chi connectivity index (χ1n) is 8.97. The van der Waals surface area contributed by atoms with E-state index >= 15 is 0 Å². The van der Waals surface area contributed by atoms with Gasteiger partial charge in [0.2, 0.25) is 5.88 Å². The van der Waals surface area contributed by atoms with Gasteiger partial charge in [-0.1, -0.05) is 26.0 Å². The summed E-state index contributed by atoms with van der Waals surface area (Å²) >= 11 is 0. The van der Waals surface area contributed by atoms with E-state index in [4.69, 9.17) is 4.74 Å². The molecule has 0 bridgehead atoms. The molecule has 6 nitrogen and oxygen atoms in total. The zero-order valence-electron chi connectivity index (χ0n) is 15.3. The van der Waals surface area contributed by atoms with Crippen LogP contribution in [0, 0.1) is 0 Å². The molecule has 0 amide bonds. The predicted molar refractivity (Wildman–Crippen MR) is 98.8 cm³/mol. The van der Waals surface area contributed by atoms with E-state index in [1.165, 1.54) is 4.57 Å². The van der Waals surface area contributed by atoms with Crippen molar-refractivity contribution in [1.29, 1.82) is 0 Å². The molecule has 1 fully saturated rings. The molecule has 26 heavy (non-hydrogen) atoms. The van der Waals surface area contributed by atoms with Crippen LogP contribution in [-0.4, -0.2) is 19.1 Å². The highest BCUT2D eigenvalue weighted by atomic mass is 16.5. The van der Waals surface area contributed by atoms with Crippen LogP contribution in [0.5, 0.6) is 11.6 Å². The Morgan fingerprint density at radius 3 is 2.50 bits per heavy atom. The maximum absolute atomic E-state index is 12.6. The number of benzene rings is 1. The van der Waals surface area contributed by atoms with Crippen LogP contribution in [0.3, 0.4) is 0 Å². The zero-order chi connectivity index (χ0) is 18.5. The lowest BCUT2D eigenvalue weighted by Crippen LogP contribution is -2.33. The maximum Gasteiger partial charge on any atom is 0.279 e. The molecule has 4 rings (SSSR count). The van der Waals surface area contributed by atoms with Crippen molar-refractivity contribution in [3.05, 3.63) is 58.4 Å². The van der Waals surface area contributed by atoms with Gasteiger partial charge in [-0.05, 0) is 37.0 Å². The molecule has 0 aliphatic heterocycles. The summed E-state index contributed by atoms with van der Waals surface area (Å²) in [5.41, 5.74) is 0.610. The molecule has 6 heteroatoms. The third-order valence-electron chi connectivity index (χ3n) is 5.23. The van der Waals surface area contributed by atoms with Crippen molar-refractivity contribution >= 4 is 5.52 Å². The monoisotopic (exact) mass is 353 g/mol. The largest absolute Gasteiger partial charge is 0.439 e. The molecule has 2 aromatic heterocycles. The number of imidazole rings is 1. The lowest BCUT2D eigenvalue weighted by atomic mass is 9.75. The van der Waals surface area contributed by atoms with Gasteiger partial charge in [0.25, 0.3) is 5.56 Å². The molecule has 3 aromatic rings. The van der Waals surface area contributed by atoms with Crippen molar-refractivity contribution in [2.75, 3.05) is 0 Å². The lowest BCUT2D eigenvalue weighted by Gasteiger charge is -2.37. The molecule has 1 aromatic carbocycles. The second-order valence-corrected chi connectivity index (χ2v) is 7.37. The Labute approximate surface area is 151 Å². The van der Waals surface area contributed by atoms with Crippen LogP contribution in [0.25, 0.3) is 5.52 Å². The highest BCUT2D eigenvalue weighted by Crippen LogP contribution is 2.41. The Kier molecular flexibility index (Phi) is 3.88. The van der Waals surface area contributed by atoms with Gasteiger partial charge in [-0.2, -0.15) is 0 Å². The summed E-state index contributed by atoms with van der Waals surface area (Å²) in [4.78, 5) is 17.0. The fraction of sp³-hybridized carbons (Fsp3) is 0.400. The topological polar surface area (TPSA) is 68.8 Å². The predicted octanol–water partition coefficient (Wildman–Crippen LogP) is 3.32. The van der Waals surface area contributed by atoms with Crippen molar-refractivity contribution in [1.82, 2.24) is 14.0 Å². The van der Waals surface area contributed by atoms with Gasteiger partial charge in [0.1, 0.15) is 17.1 Å². The summed E-state index contributed by atoms with van der Waals surface area (Å²) in [5, 5.41) is 10.4. The van der Waals surface area contributed by atoms with Gasteiger partial charge < -0.3 is 9.84 Å². The van der Waals surface area contributed by atoms with Gasteiger partial charge in [0.15, 0.2) is 0 Å². The molecule has 0 unspecified atom stereocenters. The number of hydrogen-bond acceptors (Lipinski definition) is 4. The van der Waals surface area contributed by atoms with Crippen molar-refractivity contribution in [2.24, 2.45) is 7.05 Å². The molecule has 1 aliphatic carbocycles. The quantitative estimate of drug-likeness (QED) is 0.781. The van der Waals surface area contributed by atoms with Crippen LogP contribution < -0.4 is 10.3 Å². The molecule has 2 heterocycles. The molecule has 0 radical (unpaired) electrons. The first kappa shape index (κ1) is 16.8. The van der Waals surface area contributed by atoms with E-state index in [1.54, 1.807) is 23.8 Å². The highest BCUT2D eigenvalue weighted by molar-refractivity contribution is 5.46. The third-order valence-corrected chi connectivity index (χ3v) is 5.23. The molecule has 136 valence electrons. The van der Waals surface area contributed by atoms with Crippen molar-refractivity contribution in [2.45, 2.75) is 44.6 Å². The maximum atomic E-state index is 12.6. The third kappa shape index (κ3) is 2.61. The van der Waals surface area contributed by atoms with Crippen molar-refractivity contribution in [3.8, 4) is 11.6 Å². The molecular weight excluding hydrogens is 330 g/mol. The van der Waals surface area contributed by atoms with Crippen LogP contribution in [0.4, 0.5) is 0 Å². The lowest BCUT2D eigenvalue weighted by molar-refractivity contribution is -0.0388. The Balaban J connectivity index is 1.69. The Bertz CT molecular complexity index is 1010. The molecule has 0 saturated heterocycles. The van der Waals surface area contributed by atoms with Crippen LogP contribution in [0.1, 0.15) is 50.4 Å². The molecule has 1 aliphatic rings. The van der Waals surface area contributed by atoms with Crippen LogP contribution in [0.15, 0.2) is 41.5 Å². The van der Waals surface area contributed by atoms with Crippen LogP contribution in [0.2, 0.25) is 0 Å². The zero-order valence-corrected chi connectivity index (χ0v) is 15.3. The van der Waals surface area contributed by atoms with Crippen molar-refractivity contribution < 1.29 is 9.84 Å². The minimum atomic E-state index is -0.687. The van der Waals surface area contributed by atoms with E-state index in [0.29, 0.717) is 17.1 Å². The van der Waals surface area contributed by atoms with Crippen LogP contribution in [-0.2, 0) is 12.6 Å². The first-order valence-corrected chi connectivity index (χ1v) is 8.97. The molecule has 1 N–H and O–H groups in total. The summed E-state index contributed by atoms with van der Waals surface area (Å²) in [6.45, 7) is 4.08. The number of ether oxygens (including phenoxy) is 1. The Morgan fingerprint density at radius 1 is 1.23 bits per heavy atom. The second-order valence-electron chi connectivity index (χ2n) is 7.37. The molecule has 0 atom stereocenters. The number of aliphatic hydroxyl groups is 1. The van der Waals surface area contributed by atoms with Gasteiger partial charge in [-0.3, -0.25) is 13.8 Å². The number of rotatable bonds is 4. The number of aromatic nitrogens is 3. The summed E-state index contributed by atoms with van der Waals surface area (Å²) in [6.07, 6.45) is 6.07. The van der Waals surface area contributed by atoms with Gasteiger partial charge in [0.05, 0.1) is 18.0 Å². The summed E-state index contributed by atoms with van der Waals surface area (Å²) < 4.78 is 9.23. The van der Waals surface area contributed by atoms with E-state index in [2.05, 4.69) is 4.98 Å². The average Bonchev–Trinajstić information content (AvgIpc) is 3.02. The smallest absolute Gasteiger partial charge is 0.279 e. The average molecular weight is 353 g/mol. The minimum Gasteiger partial charge on any atom is -0.439 e. The van der Waals surface area contributed by atoms with Gasteiger partial charge >= 0.3 is 0 Å². The summed E-state index contributed by atoms with van der Waals surface area (Å²) in [5.74, 6) is 2.08. The number of fused-ring (bicyclic) bond motifs is 1. The highest BCUT2D eigenvalue weighted by Gasteiger charge is 2.35. The molecule has 0 spiro atoms. The van der Waals surface area contributed by atoms with Gasteiger partial charge in [0, 0.05) is 13.0 Å². The second kappa shape index (κ2) is 5.99. The van der Waals surface area contributed by atoms with E-state index in [1.807, 2.05) is 38.1 Å². The molecule has 1 saturated carbocycles. The fourth-order valence-corrected chi connectivity index (χ4v) is 3.41. The molecular formula is C20H23N3O3. The van der Waals surface area contributed by atoms with E-state index in [9.17, 15) is 9.90 Å². The fourth-order valence-electron chi connectivity index (χ4n) is 3.41. The van der Waals surface area contributed by atoms with Crippen molar-refractivity contribution in [3.63, 3.8) is 0 Å². The standard InChI is InChI=1S/C20H23N3O3/c1-13(2)18-21-11-16-19(24)22(3)17(12-23(16)18)26-15-7-5-14(6-8-15)20(25)9-4-10-20/h5-8,11-13,25H,4,9-10H2,1-3H3. The SMILES string of the molecule is CC(C)c1ncc2c(=O)n(C)c(Oc3ccc(C4(O)CCC4)cc3)cn12. The van der Waals surface area contributed by atoms with Gasteiger partial charge in [-0.25, -0.2) is 4.98 Å². The number of hydrogen-bond donors (Lipinski definition) is 1. The van der Waals surface area contributed by atoms with E-state index in [0.717, 1.165) is 30.7 Å². The van der Waals surface area contributed by atoms with Crippen LogP contribution >= 0.6 is 0 Å². The summed E-state index contributed by atoms with van der Waals surface area (Å²) in [7, 11) is 1.69.